The standard InChI is InChI=1S/C9H17N5OS/c1-7(5-16-2)3-11-8(15)4-14-6-12-9(10)13-14/h6-7H,3-5H2,1-2H3,(H2,10,13)(H,11,15). The van der Waals surface area contributed by atoms with E-state index < -0.39 is 0 Å². The van der Waals surface area contributed by atoms with E-state index in [4.69, 9.17) is 5.73 Å². The van der Waals surface area contributed by atoms with Crippen molar-refractivity contribution in [2.24, 2.45) is 5.92 Å². The lowest BCUT2D eigenvalue weighted by molar-refractivity contribution is -0.122. The molecule has 1 aromatic heterocycles. The van der Waals surface area contributed by atoms with Gasteiger partial charge in [-0.05, 0) is 17.9 Å². The summed E-state index contributed by atoms with van der Waals surface area (Å²) in [6.07, 6.45) is 3.50. The van der Waals surface area contributed by atoms with Crippen molar-refractivity contribution < 1.29 is 4.79 Å². The molecular weight excluding hydrogens is 226 g/mol. The van der Waals surface area contributed by atoms with E-state index in [1.807, 2.05) is 0 Å². The fourth-order valence-corrected chi connectivity index (χ4v) is 1.91. The van der Waals surface area contributed by atoms with Crippen molar-refractivity contribution >= 4 is 23.6 Å². The smallest absolute Gasteiger partial charge is 0.241 e. The lowest BCUT2D eigenvalue weighted by Gasteiger charge is -2.10. The molecule has 3 N–H and O–H groups in total. The van der Waals surface area contributed by atoms with Gasteiger partial charge in [-0.3, -0.25) is 4.79 Å². The predicted octanol–water partition coefficient (Wildman–Crippen LogP) is -0.0244. The van der Waals surface area contributed by atoms with Crippen molar-refractivity contribution in [1.29, 1.82) is 0 Å². The van der Waals surface area contributed by atoms with Gasteiger partial charge >= 0.3 is 0 Å². The molecule has 1 atom stereocenters. The molecule has 0 fully saturated rings. The van der Waals surface area contributed by atoms with Crippen LogP contribution in [-0.4, -0.2) is 39.2 Å². The highest BCUT2D eigenvalue weighted by Crippen LogP contribution is 2.02. The molecule has 90 valence electrons. The van der Waals surface area contributed by atoms with Crippen LogP contribution < -0.4 is 11.1 Å². The minimum absolute atomic E-state index is 0.0714. The third-order valence-corrected chi connectivity index (χ3v) is 2.86. The van der Waals surface area contributed by atoms with E-state index in [1.54, 1.807) is 11.8 Å². The van der Waals surface area contributed by atoms with Crippen LogP contribution in [0.1, 0.15) is 6.92 Å². The molecular formula is C9H17N5OS. The van der Waals surface area contributed by atoms with E-state index in [0.717, 1.165) is 5.75 Å². The number of nitrogens with two attached hydrogens (primary N) is 1. The molecule has 0 aromatic carbocycles. The molecule has 1 amide bonds. The van der Waals surface area contributed by atoms with E-state index >= 15 is 0 Å². The molecule has 0 aliphatic heterocycles. The number of nitrogens with one attached hydrogen (secondary N) is 1. The minimum atomic E-state index is -0.0714. The summed E-state index contributed by atoms with van der Waals surface area (Å²) in [5.74, 6) is 1.62. The van der Waals surface area contributed by atoms with Crippen LogP contribution in [0.3, 0.4) is 0 Å². The fourth-order valence-electron chi connectivity index (χ4n) is 1.22. The first-order valence-electron chi connectivity index (χ1n) is 5.02. The maximum absolute atomic E-state index is 11.5. The maximum Gasteiger partial charge on any atom is 0.241 e. The van der Waals surface area contributed by atoms with Crippen molar-refractivity contribution in [3.63, 3.8) is 0 Å². The molecule has 7 heteroatoms. The van der Waals surface area contributed by atoms with Gasteiger partial charge in [0, 0.05) is 6.54 Å². The Balaban J connectivity index is 2.26. The van der Waals surface area contributed by atoms with Gasteiger partial charge in [0.2, 0.25) is 11.9 Å². The van der Waals surface area contributed by atoms with Gasteiger partial charge in [0.05, 0.1) is 0 Å². The van der Waals surface area contributed by atoms with Crippen molar-refractivity contribution in [2.75, 3.05) is 24.3 Å². The Morgan fingerprint density at radius 1 is 1.75 bits per heavy atom. The largest absolute Gasteiger partial charge is 0.367 e. The molecule has 1 aromatic rings. The van der Waals surface area contributed by atoms with E-state index in [2.05, 4.69) is 28.6 Å². The van der Waals surface area contributed by atoms with Crippen molar-refractivity contribution in [3.8, 4) is 0 Å². The van der Waals surface area contributed by atoms with E-state index in [-0.39, 0.29) is 18.4 Å². The molecule has 0 bridgehead atoms. The molecule has 0 radical (unpaired) electrons. The number of carbonyl (C=O) groups excluding carboxylic acids is 1. The number of aromatic nitrogens is 3. The highest BCUT2D eigenvalue weighted by molar-refractivity contribution is 7.98. The van der Waals surface area contributed by atoms with Crippen LogP contribution in [0, 0.1) is 5.92 Å². The average Bonchev–Trinajstić information content (AvgIpc) is 2.61. The van der Waals surface area contributed by atoms with Crippen molar-refractivity contribution in [3.05, 3.63) is 6.33 Å². The number of amides is 1. The van der Waals surface area contributed by atoms with Crippen LogP contribution in [0.2, 0.25) is 0 Å². The number of thioether (sulfide) groups is 1. The molecule has 0 saturated heterocycles. The Morgan fingerprint density at radius 2 is 2.50 bits per heavy atom. The lowest BCUT2D eigenvalue weighted by Crippen LogP contribution is -2.32. The lowest BCUT2D eigenvalue weighted by atomic mass is 10.2. The molecule has 16 heavy (non-hydrogen) atoms. The monoisotopic (exact) mass is 243 g/mol. The van der Waals surface area contributed by atoms with Gasteiger partial charge in [0.25, 0.3) is 0 Å². The van der Waals surface area contributed by atoms with E-state index in [1.165, 1.54) is 11.0 Å². The molecule has 0 saturated carbocycles. The van der Waals surface area contributed by atoms with Gasteiger partial charge in [-0.15, -0.1) is 5.10 Å². The molecule has 1 unspecified atom stereocenters. The first kappa shape index (κ1) is 12.8. The summed E-state index contributed by atoms with van der Waals surface area (Å²) in [6.45, 7) is 2.95. The molecule has 0 aliphatic carbocycles. The summed E-state index contributed by atoms with van der Waals surface area (Å²) in [5.41, 5.74) is 5.34. The second-order valence-electron chi connectivity index (χ2n) is 3.66. The SMILES string of the molecule is CSCC(C)CNC(=O)Cn1cnc(N)n1. The van der Waals surface area contributed by atoms with Crippen LogP contribution in [0.5, 0.6) is 0 Å². The summed E-state index contributed by atoms with van der Waals surface area (Å²) in [4.78, 5) is 15.2. The second kappa shape index (κ2) is 6.37. The summed E-state index contributed by atoms with van der Waals surface area (Å²) in [7, 11) is 0. The second-order valence-corrected chi connectivity index (χ2v) is 4.58. The zero-order valence-electron chi connectivity index (χ0n) is 9.51. The van der Waals surface area contributed by atoms with Crippen molar-refractivity contribution in [1.82, 2.24) is 20.1 Å². The number of hydrogen-bond donors (Lipinski definition) is 2. The van der Waals surface area contributed by atoms with Crippen LogP contribution in [-0.2, 0) is 11.3 Å². The summed E-state index contributed by atoms with van der Waals surface area (Å²) in [5, 5.41) is 6.68. The molecule has 0 aliphatic rings. The topological polar surface area (TPSA) is 85.8 Å². The summed E-state index contributed by atoms with van der Waals surface area (Å²) in [6, 6.07) is 0. The summed E-state index contributed by atoms with van der Waals surface area (Å²) >= 11 is 1.77. The highest BCUT2D eigenvalue weighted by Gasteiger charge is 2.06. The Kier molecular flexibility index (Phi) is 5.10. The van der Waals surface area contributed by atoms with E-state index in [9.17, 15) is 4.79 Å². The number of nitrogens with zero attached hydrogens (tertiary/aromatic N) is 3. The van der Waals surface area contributed by atoms with Crippen LogP contribution in [0.15, 0.2) is 6.33 Å². The zero-order valence-corrected chi connectivity index (χ0v) is 10.3. The highest BCUT2D eigenvalue weighted by atomic mass is 32.2. The Labute approximate surface area is 99.0 Å². The van der Waals surface area contributed by atoms with Gasteiger partial charge in [-0.25, -0.2) is 9.67 Å². The molecule has 1 heterocycles. The van der Waals surface area contributed by atoms with Crippen LogP contribution in [0.25, 0.3) is 0 Å². The van der Waals surface area contributed by atoms with Gasteiger partial charge < -0.3 is 11.1 Å². The number of carbonyl (C=O) groups is 1. The number of rotatable bonds is 6. The number of anilines is 1. The van der Waals surface area contributed by atoms with Gasteiger partial charge in [-0.1, -0.05) is 6.92 Å². The fraction of sp³-hybridized carbons (Fsp3) is 0.667. The Hall–Kier alpha value is -1.24. The third-order valence-electron chi connectivity index (χ3n) is 1.96. The molecule has 0 spiro atoms. The average molecular weight is 243 g/mol. The van der Waals surface area contributed by atoms with Gasteiger partial charge in [0.15, 0.2) is 0 Å². The molecule has 1 rings (SSSR count). The first-order valence-corrected chi connectivity index (χ1v) is 6.41. The Bertz CT molecular complexity index is 340. The maximum atomic E-state index is 11.5. The third kappa shape index (κ3) is 4.52. The summed E-state index contributed by atoms with van der Waals surface area (Å²) < 4.78 is 1.42. The van der Waals surface area contributed by atoms with Crippen LogP contribution in [0.4, 0.5) is 5.95 Å². The number of nitrogen functional groups attached to an aromatic ring is 1. The van der Waals surface area contributed by atoms with Gasteiger partial charge in [-0.2, -0.15) is 11.8 Å². The van der Waals surface area contributed by atoms with Crippen molar-refractivity contribution in [2.45, 2.75) is 13.5 Å². The number of hydrogen-bond acceptors (Lipinski definition) is 5. The molecule has 6 nitrogen and oxygen atoms in total. The Morgan fingerprint density at radius 3 is 3.06 bits per heavy atom. The zero-order chi connectivity index (χ0) is 12.0. The quantitative estimate of drug-likeness (QED) is 0.733. The predicted molar refractivity (Wildman–Crippen MR) is 65.0 cm³/mol. The first-order chi connectivity index (χ1) is 7.61. The normalized spacial score (nSPS) is 12.4. The van der Waals surface area contributed by atoms with E-state index in [0.29, 0.717) is 12.5 Å². The van der Waals surface area contributed by atoms with Crippen LogP contribution >= 0.6 is 11.8 Å². The van der Waals surface area contributed by atoms with Gasteiger partial charge in [0.1, 0.15) is 12.9 Å². The minimum Gasteiger partial charge on any atom is -0.367 e.